The van der Waals surface area contributed by atoms with E-state index in [1.807, 2.05) is 0 Å². The molecule has 1 radical (unpaired) electrons. The Balaban J connectivity index is 2.39. The molecule has 0 nitrogen and oxygen atoms in total. The summed E-state index contributed by atoms with van der Waals surface area (Å²) in [7, 11) is 0. The maximum atomic E-state index is 14.2. The van der Waals surface area contributed by atoms with Crippen LogP contribution in [0.4, 0.5) is 39.5 Å². The van der Waals surface area contributed by atoms with Crippen molar-refractivity contribution in [1.29, 1.82) is 0 Å². The van der Waals surface area contributed by atoms with Crippen LogP contribution >= 0.6 is 0 Å². The minimum atomic E-state index is -6.86. The van der Waals surface area contributed by atoms with Crippen LogP contribution in [0, 0.1) is 0 Å². The van der Waals surface area contributed by atoms with Gasteiger partial charge < -0.3 is 0 Å². The van der Waals surface area contributed by atoms with Crippen molar-refractivity contribution in [2.45, 2.75) is 34.6 Å². The quantitative estimate of drug-likeness (QED) is 0.356. The molecule has 0 spiro atoms. The van der Waals surface area contributed by atoms with Crippen LogP contribution in [-0.4, -0.2) is 37.8 Å². The Hall–Kier alpha value is -1.67. The Bertz CT molecular complexity index is 758. The molecule has 0 bridgehead atoms. The van der Waals surface area contributed by atoms with Gasteiger partial charge in [-0.2, -0.15) is 0 Å². The molecule has 0 aliphatic rings. The molecule has 0 N–H and O–H groups in total. The standard InChI is InChI=1S/C18H14F9Se/c19-15(20,16(21,22)17(23,24)18(25,26)27)12-28(14-9-5-2-6-10-14)11-13-7-3-1-4-8-13/h1-10H,11-12H2. The third-order valence-electron chi connectivity index (χ3n) is 3.83. The molecule has 0 aromatic heterocycles. The maximum absolute atomic E-state index is 14.2. The number of hydrogen-bond donors (Lipinski definition) is 0. The van der Waals surface area contributed by atoms with E-state index in [4.69, 9.17) is 0 Å². The van der Waals surface area contributed by atoms with Gasteiger partial charge in [-0.3, -0.25) is 0 Å². The first-order valence-electron chi connectivity index (χ1n) is 7.76. The Morgan fingerprint density at radius 3 is 1.54 bits per heavy atom. The van der Waals surface area contributed by atoms with Crippen LogP contribution in [0.3, 0.4) is 0 Å². The van der Waals surface area contributed by atoms with Crippen molar-refractivity contribution >= 4 is 18.4 Å². The molecule has 0 fully saturated rings. The molecule has 0 heterocycles. The van der Waals surface area contributed by atoms with Crippen molar-refractivity contribution in [1.82, 2.24) is 0 Å². The number of alkyl halides is 9. The number of hydrogen-bond acceptors (Lipinski definition) is 0. The molecule has 0 aliphatic heterocycles. The van der Waals surface area contributed by atoms with Crippen LogP contribution < -0.4 is 4.46 Å². The molecule has 2 aromatic carbocycles. The van der Waals surface area contributed by atoms with Crippen LogP contribution in [0.5, 0.6) is 0 Å². The third kappa shape index (κ3) is 4.49. The van der Waals surface area contributed by atoms with E-state index < -0.39 is 43.2 Å². The SMILES string of the molecule is FC(F)(F)C(F)(F)C(F)(F)C(F)(F)C[Se](Cc1ccccc1)c1ccccc1. The monoisotopic (exact) mass is 481 g/mol. The summed E-state index contributed by atoms with van der Waals surface area (Å²) in [6, 6.07) is 15.1. The summed E-state index contributed by atoms with van der Waals surface area (Å²) >= 11 is -2.93. The van der Waals surface area contributed by atoms with Crippen LogP contribution in [0.2, 0.25) is 5.32 Å². The first kappa shape index (κ1) is 22.6. The number of rotatable bonds is 7. The Kier molecular flexibility index (Phi) is 6.45. The summed E-state index contributed by atoms with van der Waals surface area (Å²) in [6.07, 6.45) is -6.80. The molecule has 0 saturated heterocycles. The van der Waals surface area contributed by atoms with Gasteiger partial charge >= 0.3 is 159 Å². The molecule has 0 aliphatic carbocycles. The predicted molar refractivity (Wildman–Crippen MR) is 87.7 cm³/mol. The molecular weight excluding hydrogens is 466 g/mol. The van der Waals surface area contributed by atoms with E-state index in [2.05, 4.69) is 0 Å². The average Bonchev–Trinajstić information content (AvgIpc) is 2.61. The number of benzene rings is 2. The second kappa shape index (κ2) is 7.99. The fourth-order valence-electron chi connectivity index (χ4n) is 2.32. The van der Waals surface area contributed by atoms with Crippen molar-refractivity contribution in [2.24, 2.45) is 0 Å². The van der Waals surface area contributed by atoms with Crippen LogP contribution in [0.25, 0.3) is 0 Å². The normalized spacial score (nSPS) is 13.8. The Morgan fingerprint density at radius 2 is 1.07 bits per heavy atom. The van der Waals surface area contributed by atoms with Gasteiger partial charge in [0.15, 0.2) is 0 Å². The summed E-state index contributed by atoms with van der Waals surface area (Å²) in [4.78, 5) is 0. The first-order chi connectivity index (χ1) is 12.8. The molecule has 155 valence electrons. The van der Waals surface area contributed by atoms with Gasteiger partial charge in [-0.05, 0) is 0 Å². The van der Waals surface area contributed by atoms with E-state index in [1.165, 1.54) is 24.3 Å². The van der Waals surface area contributed by atoms with E-state index in [9.17, 15) is 39.5 Å². The van der Waals surface area contributed by atoms with E-state index in [1.54, 1.807) is 36.4 Å². The topological polar surface area (TPSA) is 0 Å². The fraction of sp³-hybridized carbons (Fsp3) is 0.333. The van der Waals surface area contributed by atoms with E-state index in [0.29, 0.717) is 5.56 Å². The molecule has 2 rings (SSSR count). The van der Waals surface area contributed by atoms with Crippen LogP contribution in [0.1, 0.15) is 5.56 Å². The minimum absolute atomic E-state index is 0.117. The van der Waals surface area contributed by atoms with Crippen molar-refractivity contribution in [2.75, 3.05) is 0 Å². The number of halogens is 9. The summed E-state index contributed by atoms with van der Waals surface area (Å²) in [5.74, 6) is -19.0. The van der Waals surface area contributed by atoms with Gasteiger partial charge in [0.05, 0.1) is 0 Å². The van der Waals surface area contributed by atoms with Gasteiger partial charge in [0, 0.05) is 0 Å². The van der Waals surface area contributed by atoms with Crippen molar-refractivity contribution in [3.05, 3.63) is 66.2 Å². The first-order valence-corrected chi connectivity index (χ1v) is 11.0. The Labute approximate surface area is 159 Å². The predicted octanol–water partition coefficient (Wildman–Crippen LogP) is 5.64. The summed E-state index contributed by atoms with van der Waals surface area (Å²) in [6.45, 7) is 0. The third-order valence-corrected chi connectivity index (χ3v) is 8.72. The van der Waals surface area contributed by atoms with Crippen molar-refractivity contribution in [3.8, 4) is 0 Å². The second-order valence-electron chi connectivity index (χ2n) is 5.93. The molecular formula is C18H14F9Se. The van der Waals surface area contributed by atoms with Gasteiger partial charge in [0.25, 0.3) is 0 Å². The van der Waals surface area contributed by atoms with Crippen LogP contribution in [0.15, 0.2) is 60.7 Å². The average molecular weight is 480 g/mol. The summed E-state index contributed by atoms with van der Waals surface area (Å²) in [5, 5.41) is -1.88. The van der Waals surface area contributed by atoms with Gasteiger partial charge in [0.2, 0.25) is 0 Å². The van der Waals surface area contributed by atoms with Crippen molar-refractivity contribution < 1.29 is 39.5 Å². The van der Waals surface area contributed by atoms with E-state index in [0.717, 1.165) is 0 Å². The van der Waals surface area contributed by atoms with Gasteiger partial charge in [0.1, 0.15) is 0 Å². The van der Waals surface area contributed by atoms with E-state index in [-0.39, 0.29) is 9.78 Å². The Morgan fingerprint density at radius 1 is 0.607 bits per heavy atom. The van der Waals surface area contributed by atoms with Crippen LogP contribution in [-0.2, 0) is 5.32 Å². The zero-order chi connectivity index (χ0) is 21.2. The molecule has 10 heteroatoms. The van der Waals surface area contributed by atoms with Gasteiger partial charge in [-0.1, -0.05) is 0 Å². The molecule has 28 heavy (non-hydrogen) atoms. The molecule has 0 atom stereocenters. The van der Waals surface area contributed by atoms with Crippen molar-refractivity contribution in [3.63, 3.8) is 0 Å². The molecule has 0 amide bonds. The zero-order valence-corrected chi connectivity index (χ0v) is 15.7. The van der Waals surface area contributed by atoms with E-state index >= 15 is 0 Å². The molecule has 0 unspecified atom stereocenters. The summed E-state index contributed by atoms with van der Waals surface area (Å²) in [5.41, 5.74) is 0.498. The zero-order valence-electron chi connectivity index (χ0n) is 14.0. The van der Waals surface area contributed by atoms with Gasteiger partial charge in [-0.15, -0.1) is 0 Å². The van der Waals surface area contributed by atoms with Gasteiger partial charge in [-0.25, -0.2) is 0 Å². The molecule has 2 aromatic rings. The molecule has 0 saturated carbocycles. The fourth-order valence-corrected chi connectivity index (χ4v) is 6.92. The second-order valence-corrected chi connectivity index (χ2v) is 10.2. The summed E-state index contributed by atoms with van der Waals surface area (Å²) < 4.78 is 119.